The van der Waals surface area contributed by atoms with E-state index < -0.39 is 0 Å². The molecule has 3 heteroatoms. The number of carbonyl (C=O) groups excluding carboxylic acids is 1. The zero-order chi connectivity index (χ0) is 21.8. The van der Waals surface area contributed by atoms with Gasteiger partial charge in [0.2, 0.25) is 0 Å². The standard InChI is InChI=1S/C29H26N2O/c32-29(26-19-11-4-12-20-26)31-22-27(24-15-7-2-8-16-24)28(25-17-9-3-10-18-25)30(31)21-23-13-5-1-6-14-23/h1-20,27-28H,21-22H2/t27-,28+/m0/s1. The summed E-state index contributed by atoms with van der Waals surface area (Å²) in [6.07, 6.45) is 0. The van der Waals surface area contributed by atoms with Crippen LogP contribution < -0.4 is 0 Å². The van der Waals surface area contributed by atoms with E-state index in [4.69, 9.17) is 0 Å². The minimum atomic E-state index is 0.0425. The summed E-state index contributed by atoms with van der Waals surface area (Å²) < 4.78 is 0. The largest absolute Gasteiger partial charge is 0.270 e. The lowest BCUT2D eigenvalue weighted by Gasteiger charge is -2.33. The fourth-order valence-electron chi connectivity index (χ4n) is 4.67. The maximum Gasteiger partial charge on any atom is 0.268 e. The van der Waals surface area contributed by atoms with Crippen molar-refractivity contribution >= 4 is 5.91 Å². The predicted molar refractivity (Wildman–Crippen MR) is 128 cm³/mol. The molecule has 0 spiro atoms. The highest BCUT2D eigenvalue weighted by atomic mass is 16.2. The Bertz CT molecular complexity index is 1150. The monoisotopic (exact) mass is 418 g/mol. The summed E-state index contributed by atoms with van der Waals surface area (Å²) in [6.45, 7) is 1.31. The van der Waals surface area contributed by atoms with Crippen LogP contribution in [0.4, 0.5) is 0 Å². The van der Waals surface area contributed by atoms with E-state index in [0.717, 1.165) is 0 Å². The Labute approximate surface area is 189 Å². The van der Waals surface area contributed by atoms with Gasteiger partial charge in [0.25, 0.3) is 5.91 Å². The first-order chi connectivity index (χ1) is 15.8. The van der Waals surface area contributed by atoms with Gasteiger partial charge >= 0.3 is 0 Å². The van der Waals surface area contributed by atoms with Crippen LogP contribution in [0, 0.1) is 0 Å². The van der Waals surface area contributed by atoms with Crippen molar-refractivity contribution < 1.29 is 4.79 Å². The van der Waals surface area contributed by atoms with Crippen molar-refractivity contribution in [2.45, 2.75) is 18.5 Å². The molecule has 5 rings (SSSR count). The molecule has 1 heterocycles. The van der Waals surface area contributed by atoms with Crippen LogP contribution in [-0.2, 0) is 6.54 Å². The number of hydrogen-bond acceptors (Lipinski definition) is 2. The number of carbonyl (C=O) groups is 1. The van der Waals surface area contributed by atoms with E-state index in [0.29, 0.717) is 18.7 Å². The van der Waals surface area contributed by atoms with Gasteiger partial charge in [0.1, 0.15) is 0 Å². The zero-order valence-corrected chi connectivity index (χ0v) is 17.9. The van der Waals surface area contributed by atoms with Crippen molar-refractivity contribution in [3.8, 4) is 0 Å². The summed E-state index contributed by atoms with van der Waals surface area (Å²) in [6, 6.07) is 41.2. The van der Waals surface area contributed by atoms with Gasteiger partial charge in [-0.05, 0) is 28.8 Å². The molecule has 4 aromatic carbocycles. The maximum absolute atomic E-state index is 13.7. The molecule has 0 aliphatic carbocycles. The summed E-state index contributed by atoms with van der Waals surface area (Å²) in [5, 5.41) is 4.22. The Hall–Kier alpha value is -3.69. The molecule has 32 heavy (non-hydrogen) atoms. The minimum absolute atomic E-state index is 0.0425. The number of benzene rings is 4. The molecule has 1 aliphatic heterocycles. The molecule has 1 saturated heterocycles. The predicted octanol–water partition coefficient (Wildman–Crippen LogP) is 6.08. The fourth-order valence-corrected chi connectivity index (χ4v) is 4.67. The molecule has 0 N–H and O–H groups in total. The van der Waals surface area contributed by atoms with E-state index in [9.17, 15) is 4.79 Å². The molecule has 1 fully saturated rings. The first-order valence-corrected chi connectivity index (χ1v) is 11.1. The van der Waals surface area contributed by atoms with Gasteiger partial charge < -0.3 is 0 Å². The SMILES string of the molecule is O=C(c1ccccc1)N1C[C@@H](c2ccccc2)[C@@H](c2ccccc2)N1Cc1ccccc1. The number of hydrogen-bond donors (Lipinski definition) is 0. The normalized spacial score (nSPS) is 18.6. The highest BCUT2D eigenvalue weighted by molar-refractivity contribution is 5.94. The first kappa shape index (κ1) is 20.2. The Balaban J connectivity index is 1.60. The van der Waals surface area contributed by atoms with Crippen LogP contribution in [-0.4, -0.2) is 22.5 Å². The van der Waals surface area contributed by atoms with Gasteiger partial charge in [0.15, 0.2) is 0 Å². The first-order valence-electron chi connectivity index (χ1n) is 11.1. The molecule has 0 saturated carbocycles. The lowest BCUT2D eigenvalue weighted by Crippen LogP contribution is -2.41. The van der Waals surface area contributed by atoms with Crippen molar-refractivity contribution in [3.63, 3.8) is 0 Å². The third-order valence-corrected chi connectivity index (χ3v) is 6.19. The van der Waals surface area contributed by atoms with Crippen molar-refractivity contribution in [3.05, 3.63) is 144 Å². The van der Waals surface area contributed by atoms with Crippen LogP contribution in [0.1, 0.15) is 39.0 Å². The van der Waals surface area contributed by atoms with Gasteiger partial charge in [0.05, 0.1) is 6.04 Å². The molecule has 3 nitrogen and oxygen atoms in total. The number of rotatable bonds is 5. The fraction of sp³-hybridized carbons (Fsp3) is 0.138. The van der Waals surface area contributed by atoms with Crippen LogP contribution in [0.25, 0.3) is 0 Å². The van der Waals surface area contributed by atoms with Gasteiger partial charge in [0, 0.05) is 24.6 Å². The minimum Gasteiger partial charge on any atom is -0.270 e. The third-order valence-electron chi connectivity index (χ3n) is 6.19. The summed E-state index contributed by atoms with van der Waals surface area (Å²) in [5.74, 6) is 0.218. The molecular formula is C29H26N2O. The van der Waals surface area contributed by atoms with Crippen molar-refractivity contribution in [2.24, 2.45) is 0 Å². The number of nitrogens with zero attached hydrogens (tertiary/aromatic N) is 2. The van der Waals surface area contributed by atoms with Crippen LogP contribution >= 0.6 is 0 Å². The second-order valence-corrected chi connectivity index (χ2v) is 8.21. The molecule has 1 aliphatic rings. The van der Waals surface area contributed by atoms with E-state index in [1.807, 2.05) is 53.5 Å². The number of hydrazine groups is 1. The second-order valence-electron chi connectivity index (χ2n) is 8.21. The molecule has 1 amide bonds. The van der Waals surface area contributed by atoms with Crippen LogP contribution in [0.3, 0.4) is 0 Å². The Kier molecular flexibility index (Phi) is 5.82. The molecular weight excluding hydrogens is 392 g/mol. The molecule has 4 aromatic rings. The Morgan fingerprint density at radius 2 is 1.16 bits per heavy atom. The van der Waals surface area contributed by atoms with Crippen LogP contribution in [0.2, 0.25) is 0 Å². The maximum atomic E-state index is 13.7. The van der Waals surface area contributed by atoms with Gasteiger partial charge in [-0.2, -0.15) is 0 Å². The Morgan fingerprint density at radius 1 is 0.656 bits per heavy atom. The molecule has 0 radical (unpaired) electrons. The highest BCUT2D eigenvalue weighted by Crippen LogP contribution is 2.44. The highest BCUT2D eigenvalue weighted by Gasteiger charge is 2.43. The molecule has 0 unspecified atom stereocenters. The van der Waals surface area contributed by atoms with E-state index >= 15 is 0 Å². The van der Waals surface area contributed by atoms with Crippen molar-refractivity contribution in [1.82, 2.24) is 10.0 Å². The van der Waals surface area contributed by atoms with E-state index in [-0.39, 0.29) is 17.9 Å². The molecule has 158 valence electrons. The smallest absolute Gasteiger partial charge is 0.268 e. The van der Waals surface area contributed by atoms with Gasteiger partial charge in [-0.15, -0.1) is 0 Å². The third kappa shape index (κ3) is 4.08. The van der Waals surface area contributed by atoms with Crippen LogP contribution in [0.5, 0.6) is 0 Å². The molecule has 0 bridgehead atoms. The summed E-state index contributed by atoms with van der Waals surface area (Å²) >= 11 is 0. The average molecular weight is 419 g/mol. The van der Waals surface area contributed by atoms with Gasteiger partial charge in [-0.3, -0.25) is 9.80 Å². The second kappa shape index (κ2) is 9.21. The topological polar surface area (TPSA) is 23.6 Å². The summed E-state index contributed by atoms with van der Waals surface area (Å²) in [5.41, 5.74) is 4.38. The van der Waals surface area contributed by atoms with Crippen molar-refractivity contribution in [2.75, 3.05) is 6.54 Å². The van der Waals surface area contributed by atoms with E-state index in [2.05, 4.69) is 77.8 Å². The Morgan fingerprint density at radius 3 is 1.75 bits per heavy atom. The molecule has 0 aromatic heterocycles. The van der Waals surface area contributed by atoms with E-state index in [1.54, 1.807) is 0 Å². The lowest BCUT2D eigenvalue weighted by molar-refractivity contribution is -0.00266. The number of amides is 1. The van der Waals surface area contributed by atoms with E-state index in [1.165, 1.54) is 16.7 Å². The van der Waals surface area contributed by atoms with Crippen molar-refractivity contribution in [1.29, 1.82) is 0 Å². The van der Waals surface area contributed by atoms with Gasteiger partial charge in [-0.25, -0.2) is 5.01 Å². The zero-order valence-electron chi connectivity index (χ0n) is 17.9. The lowest BCUT2D eigenvalue weighted by atomic mass is 9.88. The average Bonchev–Trinajstić information content (AvgIpc) is 3.25. The van der Waals surface area contributed by atoms with Crippen LogP contribution in [0.15, 0.2) is 121 Å². The summed E-state index contributed by atoms with van der Waals surface area (Å²) in [7, 11) is 0. The summed E-state index contributed by atoms with van der Waals surface area (Å²) in [4.78, 5) is 13.7. The van der Waals surface area contributed by atoms with Gasteiger partial charge in [-0.1, -0.05) is 109 Å². The quantitative estimate of drug-likeness (QED) is 0.392. The molecule has 2 atom stereocenters.